The van der Waals surface area contributed by atoms with Crippen LogP contribution in [0, 0.1) is 0 Å². The highest BCUT2D eigenvalue weighted by atomic mass is 35.5. The molecule has 1 atom stereocenters. The summed E-state index contributed by atoms with van der Waals surface area (Å²) >= 11 is 7.40. The van der Waals surface area contributed by atoms with E-state index in [-0.39, 0.29) is 12.2 Å². The van der Waals surface area contributed by atoms with E-state index in [0.717, 1.165) is 16.7 Å². The van der Waals surface area contributed by atoms with Gasteiger partial charge in [0.15, 0.2) is 4.80 Å². The average molecular weight is 545 g/mol. The smallest absolute Gasteiger partial charge is 0.338 e. The number of thiazole rings is 1. The maximum absolute atomic E-state index is 13.8. The van der Waals surface area contributed by atoms with Crippen LogP contribution in [-0.4, -0.2) is 17.1 Å². The first kappa shape index (κ1) is 25.7. The van der Waals surface area contributed by atoms with Crippen molar-refractivity contribution in [2.45, 2.75) is 26.5 Å². The van der Waals surface area contributed by atoms with Gasteiger partial charge in [0, 0.05) is 10.6 Å². The number of hydrogen-bond donors (Lipinski definition) is 0. The van der Waals surface area contributed by atoms with Gasteiger partial charge in [0.05, 0.1) is 28.5 Å². The van der Waals surface area contributed by atoms with Crippen molar-refractivity contribution < 1.29 is 14.3 Å². The predicted octanol–water partition coefficient (Wildman–Crippen LogP) is 5.03. The summed E-state index contributed by atoms with van der Waals surface area (Å²) in [6.07, 6.45) is 1.81. The number of nitrogens with zero attached hydrogens (tertiary/aromatic N) is 2. The van der Waals surface area contributed by atoms with E-state index in [4.69, 9.17) is 21.1 Å². The third-order valence-corrected chi connectivity index (χ3v) is 7.38. The summed E-state index contributed by atoms with van der Waals surface area (Å²) in [5, 5.41) is 0.562. The molecule has 0 fully saturated rings. The molecule has 3 aromatic carbocycles. The third kappa shape index (κ3) is 5.21. The second kappa shape index (κ2) is 11.2. The van der Waals surface area contributed by atoms with Crippen LogP contribution in [0.25, 0.3) is 6.08 Å². The Morgan fingerprint density at radius 3 is 2.50 bits per heavy atom. The lowest BCUT2D eigenvalue weighted by Crippen LogP contribution is -2.39. The fourth-order valence-corrected chi connectivity index (χ4v) is 5.52. The van der Waals surface area contributed by atoms with Gasteiger partial charge >= 0.3 is 5.97 Å². The molecule has 5 rings (SSSR count). The van der Waals surface area contributed by atoms with Crippen molar-refractivity contribution in [3.05, 3.63) is 132 Å². The number of aromatic nitrogens is 1. The number of hydrogen-bond acceptors (Lipinski definition) is 6. The van der Waals surface area contributed by atoms with Crippen LogP contribution >= 0.6 is 22.9 Å². The highest BCUT2D eigenvalue weighted by Gasteiger charge is 2.33. The van der Waals surface area contributed by atoms with Gasteiger partial charge in [-0.25, -0.2) is 9.79 Å². The molecule has 4 aromatic rings. The monoisotopic (exact) mass is 544 g/mol. The van der Waals surface area contributed by atoms with Gasteiger partial charge in [-0.2, -0.15) is 0 Å². The lowest BCUT2D eigenvalue weighted by molar-refractivity contribution is -0.139. The Labute approximate surface area is 228 Å². The first-order valence-corrected chi connectivity index (χ1v) is 13.4. The van der Waals surface area contributed by atoms with Crippen molar-refractivity contribution in [1.82, 2.24) is 4.57 Å². The molecule has 0 amide bonds. The molecule has 0 saturated heterocycles. The summed E-state index contributed by atoms with van der Waals surface area (Å²) in [6.45, 7) is 4.13. The zero-order chi connectivity index (χ0) is 26.6. The van der Waals surface area contributed by atoms with Gasteiger partial charge in [-0.05, 0) is 49.2 Å². The van der Waals surface area contributed by atoms with E-state index < -0.39 is 12.0 Å². The van der Waals surface area contributed by atoms with Crippen LogP contribution in [-0.2, 0) is 16.1 Å². The van der Waals surface area contributed by atoms with E-state index in [1.54, 1.807) is 30.5 Å². The van der Waals surface area contributed by atoms with Crippen LogP contribution in [0.4, 0.5) is 0 Å². The SMILES string of the molecule is CCOC(=O)C1=C(C)N=c2s/c(=C\c3ccccc3OCc3ccccc3)c(=O)n2[C@@H]1c1ccc(Cl)cc1. The van der Waals surface area contributed by atoms with Gasteiger partial charge in [0.1, 0.15) is 12.4 Å². The standard InChI is InChI=1S/C30H25ClN2O4S/c1-3-36-29(35)26-19(2)32-30-33(27(26)21-13-15-23(31)16-14-21)28(34)25(38-30)17-22-11-7-8-12-24(22)37-18-20-9-5-4-6-10-20/h4-17,27H,3,18H2,1-2H3/b25-17-/t27-/m1/s1. The van der Waals surface area contributed by atoms with Gasteiger partial charge in [-0.3, -0.25) is 9.36 Å². The van der Waals surface area contributed by atoms with Gasteiger partial charge in [0.2, 0.25) is 0 Å². The largest absolute Gasteiger partial charge is 0.488 e. The van der Waals surface area contributed by atoms with Gasteiger partial charge in [-0.1, -0.05) is 83.6 Å². The van der Waals surface area contributed by atoms with Crippen molar-refractivity contribution in [2.75, 3.05) is 6.61 Å². The molecule has 0 N–H and O–H groups in total. The Morgan fingerprint density at radius 2 is 1.76 bits per heavy atom. The Kier molecular flexibility index (Phi) is 7.58. The summed E-state index contributed by atoms with van der Waals surface area (Å²) in [7, 11) is 0. The van der Waals surface area contributed by atoms with Crippen LogP contribution < -0.4 is 19.6 Å². The first-order valence-electron chi connectivity index (χ1n) is 12.2. The molecule has 2 heterocycles. The molecule has 1 aliphatic heterocycles. The van der Waals surface area contributed by atoms with Crippen molar-refractivity contribution in [2.24, 2.45) is 4.99 Å². The maximum Gasteiger partial charge on any atom is 0.338 e. The molecule has 0 bridgehead atoms. The highest BCUT2D eigenvalue weighted by molar-refractivity contribution is 7.07. The molecule has 0 saturated carbocycles. The van der Waals surface area contributed by atoms with Gasteiger partial charge in [-0.15, -0.1) is 0 Å². The fraction of sp³-hybridized carbons (Fsp3) is 0.167. The molecule has 192 valence electrons. The molecular formula is C30H25ClN2O4S. The van der Waals surface area contributed by atoms with E-state index in [1.807, 2.05) is 72.8 Å². The summed E-state index contributed by atoms with van der Waals surface area (Å²) in [5.74, 6) is 0.169. The Balaban J connectivity index is 1.61. The molecule has 0 unspecified atom stereocenters. The zero-order valence-electron chi connectivity index (χ0n) is 20.9. The first-order chi connectivity index (χ1) is 18.5. The molecule has 38 heavy (non-hydrogen) atoms. The number of halogens is 1. The van der Waals surface area contributed by atoms with Crippen LogP contribution in [0.5, 0.6) is 5.75 Å². The fourth-order valence-electron chi connectivity index (χ4n) is 4.36. The second-order valence-corrected chi connectivity index (χ2v) is 10.1. The summed E-state index contributed by atoms with van der Waals surface area (Å²) in [6, 6.07) is 23.9. The molecule has 0 aliphatic carbocycles. The molecule has 8 heteroatoms. The van der Waals surface area contributed by atoms with Crippen LogP contribution in [0.1, 0.15) is 36.6 Å². The maximum atomic E-state index is 13.8. The van der Waals surface area contributed by atoms with E-state index in [1.165, 1.54) is 11.3 Å². The molecule has 1 aromatic heterocycles. The van der Waals surface area contributed by atoms with Gasteiger partial charge < -0.3 is 9.47 Å². The number of carbonyl (C=O) groups excluding carboxylic acids is 1. The lowest BCUT2D eigenvalue weighted by atomic mass is 9.96. The summed E-state index contributed by atoms with van der Waals surface area (Å²) < 4.78 is 13.5. The van der Waals surface area contributed by atoms with Crippen molar-refractivity contribution >= 4 is 35.0 Å². The van der Waals surface area contributed by atoms with Gasteiger partial charge in [0.25, 0.3) is 5.56 Å². The number of ether oxygens (including phenoxy) is 2. The molecular weight excluding hydrogens is 520 g/mol. The third-order valence-electron chi connectivity index (χ3n) is 6.15. The number of fused-ring (bicyclic) bond motifs is 1. The average Bonchev–Trinajstić information content (AvgIpc) is 3.22. The van der Waals surface area contributed by atoms with E-state index in [0.29, 0.717) is 38.0 Å². The minimum Gasteiger partial charge on any atom is -0.488 e. The van der Waals surface area contributed by atoms with E-state index in [2.05, 4.69) is 4.99 Å². The van der Waals surface area contributed by atoms with E-state index in [9.17, 15) is 9.59 Å². The topological polar surface area (TPSA) is 69.9 Å². The van der Waals surface area contributed by atoms with Crippen LogP contribution in [0.15, 0.2) is 99.9 Å². The Bertz CT molecular complexity index is 1690. The highest BCUT2D eigenvalue weighted by Crippen LogP contribution is 2.31. The predicted molar refractivity (Wildman–Crippen MR) is 149 cm³/mol. The molecule has 0 spiro atoms. The van der Waals surface area contributed by atoms with Crippen molar-refractivity contribution in [3.63, 3.8) is 0 Å². The van der Waals surface area contributed by atoms with Crippen molar-refractivity contribution in [3.8, 4) is 5.75 Å². The van der Waals surface area contributed by atoms with Crippen LogP contribution in [0.3, 0.4) is 0 Å². The van der Waals surface area contributed by atoms with E-state index >= 15 is 0 Å². The quantitative estimate of drug-likeness (QED) is 0.306. The molecule has 0 radical (unpaired) electrons. The summed E-state index contributed by atoms with van der Waals surface area (Å²) in [5.41, 5.74) is 3.17. The Morgan fingerprint density at radius 1 is 1.05 bits per heavy atom. The minimum atomic E-state index is -0.686. The number of benzene rings is 3. The zero-order valence-corrected chi connectivity index (χ0v) is 22.5. The normalized spacial score (nSPS) is 15.1. The number of allylic oxidation sites excluding steroid dienone is 1. The van der Waals surface area contributed by atoms with Crippen LogP contribution in [0.2, 0.25) is 5.02 Å². The number of carbonyl (C=O) groups is 1. The minimum absolute atomic E-state index is 0.215. The number of para-hydroxylation sites is 1. The number of rotatable bonds is 7. The molecule has 1 aliphatic rings. The Hall–Kier alpha value is -3.94. The number of esters is 1. The van der Waals surface area contributed by atoms with Crippen molar-refractivity contribution in [1.29, 1.82) is 0 Å². The summed E-state index contributed by atoms with van der Waals surface area (Å²) in [4.78, 5) is 32.0. The second-order valence-electron chi connectivity index (χ2n) is 8.67. The molecule has 6 nitrogen and oxygen atoms in total. The lowest BCUT2D eigenvalue weighted by Gasteiger charge is -2.24.